The number of hydrogen-bond donors (Lipinski definition) is 0. The summed E-state index contributed by atoms with van der Waals surface area (Å²) >= 11 is 0. The molecule has 0 rings (SSSR count). The van der Waals surface area contributed by atoms with E-state index in [1.807, 2.05) is 13.8 Å². The third-order valence-corrected chi connectivity index (χ3v) is 2.29. The minimum absolute atomic E-state index is 0.330. The molecule has 0 radical (unpaired) electrons. The Morgan fingerprint density at radius 1 is 1.08 bits per heavy atom. The Kier molecular flexibility index (Phi) is 8.46. The van der Waals surface area contributed by atoms with E-state index in [1.165, 1.54) is 12.8 Å². The quantitative estimate of drug-likeness (QED) is 0.583. The molecule has 0 aromatic carbocycles. The second-order valence-electron chi connectivity index (χ2n) is 3.37. The number of ether oxygens (including phenoxy) is 2. The van der Waals surface area contributed by atoms with E-state index < -0.39 is 0 Å². The third kappa shape index (κ3) is 6.05. The van der Waals surface area contributed by atoms with Crippen molar-refractivity contribution < 1.29 is 9.47 Å². The van der Waals surface area contributed by atoms with Crippen molar-refractivity contribution in [3.8, 4) is 0 Å². The van der Waals surface area contributed by atoms with Crippen molar-refractivity contribution in [2.75, 3.05) is 19.8 Å². The van der Waals surface area contributed by atoms with Crippen molar-refractivity contribution in [2.24, 2.45) is 5.92 Å². The van der Waals surface area contributed by atoms with E-state index in [2.05, 4.69) is 13.8 Å². The van der Waals surface area contributed by atoms with Crippen LogP contribution in [0, 0.1) is 5.92 Å². The van der Waals surface area contributed by atoms with Crippen LogP contribution < -0.4 is 0 Å². The van der Waals surface area contributed by atoms with Gasteiger partial charge >= 0.3 is 0 Å². The monoisotopic (exact) mass is 188 g/mol. The predicted molar refractivity (Wildman–Crippen MR) is 56.0 cm³/mol. The lowest BCUT2D eigenvalue weighted by Crippen LogP contribution is -2.25. The molecular weight excluding hydrogens is 164 g/mol. The van der Waals surface area contributed by atoms with Crippen molar-refractivity contribution in [3.63, 3.8) is 0 Å². The summed E-state index contributed by atoms with van der Waals surface area (Å²) in [5.74, 6) is 0.560. The van der Waals surface area contributed by atoms with Crippen molar-refractivity contribution in [1.29, 1.82) is 0 Å². The Labute approximate surface area is 82.6 Å². The van der Waals surface area contributed by atoms with Crippen molar-refractivity contribution in [1.82, 2.24) is 0 Å². The summed E-state index contributed by atoms with van der Waals surface area (Å²) in [6, 6.07) is 0. The zero-order chi connectivity index (χ0) is 10.1. The molecule has 0 saturated heterocycles. The molecule has 0 N–H and O–H groups in total. The zero-order valence-electron chi connectivity index (χ0n) is 9.51. The Morgan fingerprint density at radius 2 is 1.77 bits per heavy atom. The lowest BCUT2D eigenvalue weighted by molar-refractivity contribution is -0.00897. The highest BCUT2D eigenvalue weighted by molar-refractivity contribution is 4.65. The summed E-state index contributed by atoms with van der Waals surface area (Å²) < 4.78 is 11.0. The molecular formula is C11H24O2. The van der Waals surface area contributed by atoms with Crippen molar-refractivity contribution in [3.05, 3.63) is 0 Å². The van der Waals surface area contributed by atoms with Gasteiger partial charge in [0.05, 0.1) is 12.7 Å². The second kappa shape index (κ2) is 8.52. The summed E-state index contributed by atoms with van der Waals surface area (Å²) in [4.78, 5) is 0. The lowest BCUT2D eigenvalue weighted by atomic mass is 9.99. The molecule has 0 heterocycles. The summed E-state index contributed by atoms with van der Waals surface area (Å²) in [6.45, 7) is 10.9. The van der Waals surface area contributed by atoms with E-state index in [0.29, 0.717) is 12.0 Å². The fourth-order valence-corrected chi connectivity index (χ4v) is 1.49. The van der Waals surface area contributed by atoms with E-state index in [4.69, 9.17) is 9.47 Å². The minimum Gasteiger partial charge on any atom is -0.381 e. The summed E-state index contributed by atoms with van der Waals surface area (Å²) in [7, 11) is 0. The van der Waals surface area contributed by atoms with Crippen molar-refractivity contribution in [2.45, 2.75) is 46.6 Å². The standard InChI is InChI=1S/C11H24O2/c1-5-8-11(9-12-6-2)10(4)13-7-3/h10-11H,5-9H2,1-4H3. The van der Waals surface area contributed by atoms with Gasteiger partial charge in [-0.1, -0.05) is 13.3 Å². The first-order valence-electron chi connectivity index (χ1n) is 5.45. The molecule has 0 amide bonds. The number of hydrogen-bond acceptors (Lipinski definition) is 2. The predicted octanol–water partition coefficient (Wildman–Crippen LogP) is 2.86. The summed E-state index contributed by atoms with van der Waals surface area (Å²) in [5, 5.41) is 0. The van der Waals surface area contributed by atoms with Gasteiger partial charge in [0.2, 0.25) is 0 Å². The minimum atomic E-state index is 0.330. The molecule has 13 heavy (non-hydrogen) atoms. The SMILES string of the molecule is CCCC(COCC)C(C)OCC. The first-order chi connectivity index (χ1) is 6.26. The van der Waals surface area contributed by atoms with E-state index in [-0.39, 0.29) is 0 Å². The van der Waals surface area contributed by atoms with Gasteiger partial charge in [-0.2, -0.15) is 0 Å². The topological polar surface area (TPSA) is 18.5 Å². The highest BCUT2D eigenvalue weighted by Crippen LogP contribution is 2.14. The van der Waals surface area contributed by atoms with Gasteiger partial charge in [-0.3, -0.25) is 0 Å². The molecule has 2 nitrogen and oxygen atoms in total. The largest absolute Gasteiger partial charge is 0.381 e. The van der Waals surface area contributed by atoms with Crippen LogP contribution >= 0.6 is 0 Å². The van der Waals surface area contributed by atoms with Gasteiger partial charge in [0, 0.05) is 19.1 Å². The average Bonchev–Trinajstić information content (AvgIpc) is 2.12. The van der Waals surface area contributed by atoms with Crippen LogP contribution in [0.5, 0.6) is 0 Å². The fraction of sp³-hybridized carbons (Fsp3) is 1.00. The van der Waals surface area contributed by atoms with Gasteiger partial charge in [0.15, 0.2) is 0 Å². The lowest BCUT2D eigenvalue weighted by Gasteiger charge is -2.23. The van der Waals surface area contributed by atoms with Crippen LogP contribution in [0.2, 0.25) is 0 Å². The first-order valence-corrected chi connectivity index (χ1v) is 5.45. The van der Waals surface area contributed by atoms with Gasteiger partial charge < -0.3 is 9.47 Å². The van der Waals surface area contributed by atoms with Crippen LogP contribution in [-0.4, -0.2) is 25.9 Å². The number of rotatable bonds is 8. The molecule has 0 aliphatic rings. The first kappa shape index (κ1) is 12.9. The molecule has 0 saturated carbocycles. The fourth-order valence-electron chi connectivity index (χ4n) is 1.49. The Morgan fingerprint density at radius 3 is 2.23 bits per heavy atom. The van der Waals surface area contributed by atoms with Crippen LogP contribution in [0.1, 0.15) is 40.5 Å². The van der Waals surface area contributed by atoms with Gasteiger partial charge in [-0.15, -0.1) is 0 Å². The highest BCUT2D eigenvalue weighted by atomic mass is 16.5. The van der Waals surface area contributed by atoms with Crippen LogP contribution in [0.25, 0.3) is 0 Å². The molecule has 2 heteroatoms. The molecule has 0 aromatic rings. The van der Waals surface area contributed by atoms with Crippen LogP contribution in [0.4, 0.5) is 0 Å². The van der Waals surface area contributed by atoms with Crippen LogP contribution in [0.15, 0.2) is 0 Å². The highest BCUT2D eigenvalue weighted by Gasteiger charge is 2.16. The molecule has 2 atom stereocenters. The molecule has 0 fully saturated rings. The van der Waals surface area contributed by atoms with E-state index in [0.717, 1.165) is 19.8 Å². The molecule has 0 spiro atoms. The summed E-state index contributed by atoms with van der Waals surface area (Å²) in [6.07, 6.45) is 2.73. The van der Waals surface area contributed by atoms with E-state index >= 15 is 0 Å². The second-order valence-corrected chi connectivity index (χ2v) is 3.37. The third-order valence-electron chi connectivity index (χ3n) is 2.29. The van der Waals surface area contributed by atoms with Gasteiger partial charge in [0.25, 0.3) is 0 Å². The molecule has 2 unspecified atom stereocenters. The van der Waals surface area contributed by atoms with Gasteiger partial charge in [0.1, 0.15) is 0 Å². The smallest absolute Gasteiger partial charge is 0.0596 e. The molecule has 0 aliphatic heterocycles. The van der Waals surface area contributed by atoms with E-state index in [1.54, 1.807) is 0 Å². The van der Waals surface area contributed by atoms with Gasteiger partial charge in [-0.05, 0) is 27.2 Å². The van der Waals surface area contributed by atoms with Crippen LogP contribution in [0.3, 0.4) is 0 Å². The maximum atomic E-state index is 5.57. The Bertz CT molecular complexity index is 104. The Hall–Kier alpha value is -0.0800. The summed E-state index contributed by atoms with van der Waals surface area (Å²) in [5.41, 5.74) is 0. The maximum absolute atomic E-state index is 5.57. The van der Waals surface area contributed by atoms with Gasteiger partial charge in [-0.25, -0.2) is 0 Å². The Balaban J connectivity index is 3.75. The molecule has 0 bridgehead atoms. The molecule has 0 aliphatic carbocycles. The normalized spacial score (nSPS) is 15.7. The van der Waals surface area contributed by atoms with Crippen molar-refractivity contribution >= 4 is 0 Å². The average molecular weight is 188 g/mol. The zero-order valence-corrected chi connectivity index (χ0v) is 9.51. The molecule has 80 valence electrons. The van der Waals surface area contributed by atoms with E-state index in [9.17, 15) is 0 Å². The molecule has 0 aromatic heterocycles. The maximum Gasteiger partial charge on any atom is 0.0596 e. The van der Waals surface area contributed by atoms with Crippen LogP contribution in [-0.2, 0) is 9.47 Å².